The molecule has 1 fully saturated rings. The van der Waals surface area contributed by atoms with Crippen LogP contribution in [0.15, 0.2) is 17.6 Å². The molecule has 3 rings (SSSR count). The van der Waals surface area contributed by atoms with Gasteiger partial charge < -0.3 is 15.0 Å². The Morgan fingerprint density at radius 1 is 1.50 bits per heavy atom. The molecule has 2 amide bonds. The van der Waals surface area contributed by atoms with Crippen LogP contribution in [0.1, 0.15) is 22.5 Å². The molecule has 0 saturated carbocycles. The molecule has 2 aromatic rings. The van der Waals surface area contributed by atoms with Crippen LogP contribution in [-0.4, -0.2) is 45.8 Å². The summed E-state index contributed by atoms with van der Waals surface area (Å²) in [5.41, 5.74) is 2.34. The number of nitrogens with one attached hydrogen (secondary N) is 1. The normalized spacial score (nSPS) is 18.3. The number of carbonyl (C=O) groups is 1. The van der Waals surface area contributed by atoms with Crippen molar-refractivity contribution in [1.29, 1.82) is 0 Å². The van der Waals surface area contributed by atoms with E-state index in [0.29, 0.717) is 31.1 Å². The van der Waals surface area contributed by atoms with Crippen LogP contribution in [-0.2, 0) is 4.74 Å². The van der Waals surface area contributed by atoms with Crippen LogP contribution in [0.3, 0.4) is 0 Å². The minimum absolute atomic E-state index is 0.155. The molecule has 1 unspecified atom stereocenters. The molecule has 8 heteroatoms. The topological polar surface area (TPSA) is 80.2 Å². The first kappa shape index (κ1) is 14.9. The second kappa shape index (κ2) is 6.37. The summed E-state index contributed by atoms with van der Waals surface area (Å²) in [4.78, 5) is 18.6. The number of rotatable bonds is 2. The van der Waals surface area contributed by atoms with Gasteiger partial charge in [0.1, 0.15) is 11.1 Å². The van der Waals surface area contributed by atoms with Gasteiger partial charge in [0.15, 0.2) is 0 Å². The van der Waals surface area contributed by atoms with Crippen molar-refractivity contribution in [3.05, 3.63) is 34.0 Å². The third-order valence-electron chi connectivity index (χ3n) is 3.41. The highest BCUT2D eigenvalue weighted by atomic mass is 32.1. The lowest BCUT2D eigenvalue weighted by Crippen LogP contribution is -2.44. The molecule has 1 aliphatic heterocycles. The van der Waals surface area contributed by atoms with E-state index in [1.54, 1.807) is 28.5 Å². The Morgan fingerprint density at radius 2 is 2.36 bits per heavy atom. The van der Waals surface area contributed by atoms with Crippen LogP contribution in [0.4, 0.5) is 10.5 Å². The van der Waals surface area contributed by atoms with Gasteiger partial charge in [-0.05, 0) is 19.9 Å². The van der Waals surface area contributed by atoms with Gasteiger partial charge in [0.25, 0.3) is 0 Å². The van der Waals surface area contributed by atoms with E-state index in [-0.39, 0.29) is 12.1 Å². The monoisotopic (exact) mass is 319 g/mol. The predicted molar refractivity (Wildman–Crippen MR) is 82.9 cm³/mol. The molecule has 0 bridgehead atoms. The number of anilines is 1. The number of nitrogens with zero attached hydrogens (tertiary/aromatic N) is 4. The molecule has 1 aliphatic rings. The maximum absolute atomic E-state index is 12.4. The van der Waals surface area contributed by atoms with Gasteiger partial charge in [-0.1, -0.05) is 0 Å². The molecule has 116 valence electrons. The summed E-state index contributed by atoms with van der Waals surface area (Å²) in [5.74, 6) is 0. The van der Waals surface area contributed by atoms with Gasteiger partial charge in [-0.15, -0.1) is 11.3 Å². The van der Waals surface area contributed by atoms with Gasteiger partial charge in [0, 0.05) is 17.6 Å². The average molecular weight is 319 g/mol. The zero-order chi connectivity index (χ0) is 15.5. The number of carbonyl (C=O) groups excluding carboxylic acids is 1. The third-order valence-corrected chi connectivity index (χ3v) is 4.47. The fourth-order valence-electron chi connectivity index (χ4n) is 2.23. The van der Waals surface area contributed by atoms with Crippen LogP contribution < -0.4 is 5.32 Å². The Hall–Kier alpha value is -2.06. The van der Waals surface area contributed by atoms with Gasteiger partial charge in [-0.2, -0.15) is 10.2 Å². The summed E-state index contributed by atoms with van der Waals surface area (Å²) < 4.78 is 5.74. The summed E-state index contributed by atoms with van der Waals surface area (Å²) in [6.45, 7) is 5.32. The number of thiazole rings is 1. The minimum atomic E-state index is -0.158. The molecule has 1 atom stereocenters. The van der Waals surface area contributed by atoms with E-state index in [1.165, 1.54) is 0 Å². The van der Waals surface area contributed by atoms with Gasteiger partial charge in [0.05, 0.1) is 30.7 Å². The molecule has 22 heavy (non-hydrogen) atoms. The number of hydrogen-bond donors (Lipinski definition) is 1. The lowest BCUT2D eigenvalue weighted by molar-refractivity contribution is -0.0136. The van der Waals surface area contributed by atoms with Crippen molar-refractivity contribution in [3.63, 3.8) is 0 Å². The van der Waals surface area contributed by atoms with E-state index in [1.807, 2.05) is 19.2 Å². The number of ether oxygens (including phenoxy) is 1. The van der Waals surface area contributed by atoms with E-state index >= 15 is 0 Å². The van der Waals surface area contributed by atoms with Gasteiger partial charge in [-0.3, -0.25) is 0 Å². The highest BCUT2D eigenvalue weighted by Crippen LogP contribution is 2.25. The van der Waals surface area contributed by atoms with Crippen molar-refractivity contribution >= 4 is 23.1 Å². The Labute approximate surface area is 132 Å². The van der Waals surface area contributed by atoms with Crippen molar-refractivity contribution in [2.24, 2.45) is 0 Å². The van der Waals surface area contributed by atoms with Crippen LogP contribution >= 0.6 is 11.3 Å². The highest BCUT2D eigenvalue weighted by molar-refractivity contribution is 7.09. The van der Waals surface area contributed by atoms with Gasteiger partial charge >= 0.3 is 6.03 Å². The number of morpholine rings is 1. The smallest absolute Gasteiger partial charge is 0.322 e. The van der Waals surface area contributed by atoms with E-state index in [9.17, 15) is 4.79 Å². The molecule has 0 radical (unpaired) electrons. The van der Waals surface area contributed by atoms with Crippen molar-refractivity contribution in [2.75, 3.05) is 25.0 Å². The SMILES string of the molecule is Cc1csc(C2CN(C(=O)Nc3ccnnc3C)CCO2)n1. The lowest BCUT2D eigenvalue weighted by atomic mass is 10.3. The summed E-state index contributed by atoms with van der Waals surface area (Å²) in [6, 6.07) is 1.58. The molecular weight excluding hydrogens is 302 g/mol. The maximum Gasteiger partial charge on any atom is 0.322 e. The lowest BCUT2D eigenvalue weighted by Gasteiger charge is -2.32. The molecule has 0 aromatic carbocycles. The largest absolute Gasteiger partial charge is 0.367 e. The Kier molecular flexibility index (Phi) is 4.30. The first-order valence-corrected chi connectivity index (χ1v) is 7.89. The molecule has 1 N–H and O–H groups in total. The zero-order valence-electron chi connectivity index (χ0n) is 12.4. The molecular formula is C14H17N5O2S. The Balaban J connectivity index is 1.66. The Bertz CT molecular complexity index is 675. The van der Waals surface area contributed by atoms with Gasteiger partial charge in [-0.25, -0.2) is 9.78 Å². The predicted octanol–water partition coefficient (Wildman–Crippen LogP) is 2.16. The summed E-state index contributed by atoms with van der Waals surface area (Å²) in [6.07, 6.45) is 1.40. The summed E-state index contributed by atoms with van der Waals surface area (Å²) in [5, 5.41) is 13.5. The molecule has 0 aliphatic carbocycles. The van der Waals surface area contributed by atoms with Crippen LogP contribution in [0.2, 0.25) is 0 Å². The van der Waals surface area contributed by atoms with Crippen LogP contribution in [0, 0.1) is 13.8 Å². The maximum atomic E-state index is 12.4. The standard InChI is InChI=1S/C14H17N5O2S/c1-9-8-22-13(16-9)12-7-19(5-6-21-12)14(20)17-11-3-4-15-18-10(11)2/h3-4,8,12H,5-7H2,1-2H3,(H,15,17,20). The summed E-state index contributed by atoms with van der Waals surface area (Å²) >= 11 is 1.56. The van der Waals surface area contributed by atoms with Crippen LogP contribution in [0.5, 0.6) is 0 Å². The second-order valence-corrected chi connectivity index (χ2v) is 5.98. The minimum Gasteiger partial charge on any atom is -0.367 e. The zero-order valence-corrected chi connectivity index (χ0v) is 13.3. The van der Waals surface area contributed by atoms with Gasteiger partial charge in [0.2, 0.25) is 0 Å². The third kappa shape index (κ3) is 3.23. The number of amides is 2. The number of aryl methyl sites for hydroxylation is 2. The van der Waals surface area contributed by atoms with E-state index in [2.05, 4.69) is 20.5 Å². The highest BCUT2D eigenvalue weighted by Gasteiger charge is 2.27. The molecule has 1 saturated heterocycles. The van der Waals surface area contributed by atoms with Crippen molar-refractivity contribution in [1.82, 2.24) is 20.1 Å². The second-order valence-electron chi connectivity index (χ2n) is 5.09. The molecule has 7 nitrogen and oxygen atoms in total. The quantitative estimate of drug-likeness (QED) is 0.917. The summed E-state index contributed by atoms with van der Waals surface area (Å²) in [7, 11) is 0. The van der Waals surface area contributed by atoms with Crippen LogP contribution in [0.25, 0.3) is 0 Å². The molecule has 0 spiro atoms. The Morgan fingerprint density at radius 3 is 3.09 bits per heavy atom. The number of urea groups is 1. The first-order valence-electron chi connectivity index (χ1n) is 7.01. The fraction of sp³-hybridized carbons (Fsp3) is 0.429. The molecule has 2 aromatic heterocycles. The fourth-order valence-corrected chi connectivity index (χ4v) is 3.07. The number of aromatic nitrogens is 3. The van der Waals surface area contributed by atoms with E-state index in [4.69, 9.17) is 4.74 Å². The number of hydrogen-bond acceptors (Lipinski definition) is 6. The van der Waals surface area contributed by atoms with Crippen molar-refractivity contribution in [3.8, 4) is 0 Å². The van der Waals surface area contributed by atoms with Crippen molar-refractivity contribution in [2.45, 2.75) is 20.0 Å². The average Bonchev–Trinajstić information content (AvgIpc) is 2.96. The first-order chi connectivity index (χ1) is 10.6. The van der Waals surface area contributed by atoms with E-state index < -0.39 is 0 Å². The molecule has 3 heterocycles. The van der Waals surface area contributed by atoms with E-state index in [0.717, 1.165) is 10.7 Å². The van der Waals surface area contributed by atoms with Crippen molar-refractivity contribution < 1.29 is 9.53 Å².